The van der Waals surface area contributed by atoms with Gasteiger partial charge in [0, 0.05) is 56.4 Å². The van der Waals surface area contributed by atoms with Gasteiger partial charge in [-0.1, -0.05) is 36.4 Å². The first-order valence-corrected chi connectivity index (χ1v) is 13.0. The summed E-state index contributed by atoms with van der Waals surface area (Å²) in [4.78, 5) is 45.0. The van der Waals surface area contributed by atoms with E-state index in [9.17, 15) is 18.8 Å². The number of para-hydroxylation sites is 2. The summed E-state index contributed by atoms with van der Waals surface area (Å²) in [5.41, 5.74) is 2.44. The minimum Gasteiger partial charge on any atom is -0.368 e. The zero-order valence-corrected chi connectivity index (χ0v) is 21.2. The molecule has 3 amide bonds. The van der Waals surface area contributed by atoms with E-state index in [0.29, 0.717) is 55.8 Å². The number of hydrogen-bond donors (Lipinski definition) is 1. The van der Waals surface area contributed by atoms with E-state index in [2.05, 4.69) is 22.3 Å². The molecule has 2 saturated heterocycles. The zero-order valence-electron chi connectivity index (χ0n) is 21.2. The van der Waals surface area contributed by atoms with Crippen LogP contribution in [0.5, 0.6) is 0 Å². The molecule has 3 aromatic rings. The van der Waals surface area contributed by atoms with Crippen LogP contribution in [0.15, 0.2) is 78.9 Å². The van der Waals surface area contributed by atoms with E-state index in [1.807, 2.05) is 23.1 Å². The molecule has 38 heavy (non-hydrogen) atoms. The van der Waals surface area contributed by atoms with Crippen LogP contribution in [-0.2, 0) is 4.79 Å². The normalized spacial score (nSPS) is 16.3. The van der Waals surface area contributed by atoms with Gasteiger partial charge in [0.1, 0.15) is 5.82 Å². The summed E-state index contributed by atoms with van der Waals surface area (Å²) in [6, 6.07) is 22.9. The minimum absolute atomic E-state index is 0.0934. The lowest BCUT2D eigenvalue weighted by Gasteiger charge is -2.36. The van der Waals surface area contributed by atoms with E-state index in [0.717, 1.165) is 18.8 Å². The van der Waals surface area contributed by atoms with Gasteiger partial charge < -0.3 is 20.0 Å². The van der Waals surface area contributed by atoms with Crippen molar-refractivity contribution in [1.29, 1.82) is 0 Å². The van der Waals surface area contributed by atoms with Crippen LogP contribution in [0.1, 0.15) is 33.6 Å². The fourth-order valence-electron chi connectivity index (χ4n) is 5.14. The van der Waals surface area contributed by atoms with E-state index >= 15 is 0 Å². The Balaban J connectivity index is 1.17. The molecule has 2 aliphatic heterocycles. The number of piperidine rings is 1. The monoisotopic (exact) mass is 514 g/mol. The van der Waals surface area contributed by atoms with Gasteiger partial charge in [0.05, 0.1) is 11.3 Å². The number of nitrogens with zero attached hydrogens (tertiary/aromatic N) is 3. The fourth-order valence-corrected chi connectivity index (χ4v) is 5.14. The molecule has 0 unspecified atom stereocenters. The highest BCUT2D eigenvalue weighted by atomic mass is 19.1. The average Bonchev–Trinajstić information content (AvgIpc) is 2.97. The standard InChI is InChI=1S/C30H31FN4O3/c31-24-8-6-7-23(21-24)29(37)34-15-13-22(14-16-34)28(36)32-27-12-5-4-11-26(27)30(38)35-19-17-33(18-20-35)25-9-2-1-3-10-25/h1-12,21-22H,13-20H2,(H,32,36). The molecule has 2 fully saturated rings. The number of halogens is 1. The van der Waals surface area contributed by atoms with Gasteiger partial charge >= 0.3 is 0 Å². The van der Waals surface area contributed by atoms with Crippen molar-refractivity contribution in [2.45, 2.75) is 12.8 Å². The maximum absolute atomic E-state index is 13.5. The highest BCUT2D eigenvalue weighted by Crippen LogP contribution is 2.24. The van der Waals surface area contributed by atoms with Crippen LogP contribution in [-0.4, -0.2) is 66.8 Å². The molecule has 8 heteroatoms. The Kier molecular flexibility index (Phi) is 7.67. The molecule has 2 heterocycles. The van der Waals surface area contributed by atoms with E-state index in [4.69, 9.17) is 0 Å². The number of amides is 3. The molecule has 0 aliphatic carbocycles. The molecular formula is C30H31FN4O3. The van der Waals surface area contributed by atoms with Crippen molar-refractivity contribution in [3.8, 4) is 0 Å². The van der Waals surface area contributed by atoms with Crippen molar-refractivity contribution < 1.29 is 18.8 Å². The summed E-state index contributed by atoms with van der Waals surface area (Å²) >= 11 is 0. The van der Waals surface area contributed by atoms with Crippen LogP contribution in [0.2, 0.25) is 0 Å². The van der Waals surface area contributed by atoms with Crippen molar-refractivity contribution in [3.63, 3.8) is 0 Å². The second kappa shape index (κ2) is 11.5. The topological polar surface area (TPSA) is 73.0 Å². The lowest BCUT2D eigenvalue weighted by molar-refractivity contribution is -0.121. The number of benzene rings is 3. The Morgan fingerprint density at radius 1 is 0.711 bits per heavy atom. The van der Waals surface area contributed by atoms with Gasteiger partial charge in [0.2, 0.25) is 5.91 Å². The van der Waals surface area contributed by atoms with Gasteiger partial charge in [-0.25, -0.2) is 4.39 Å². The number of carbonyl (C=O) groups excluding carboxylic acids is 3. The third-order valence-corrected chi connectivity index (χ3v) is 7.33. The molecular weight excluding hydrogens is 483 g/mol. The summed E-state index contributed by atoms with van der Waals surface area (Å²) in [5, 5.41) is 2.97. The highest BCUT2D eigenvalue weighted by Gasteiger charge is 2.29. The Morgan fingerprint density at radius 3 is 2.08 bits per heavy atom. The van der Waals surface area contributed by atoms with E-state index in [1.165, 1.54) is 18.2 Å². The molecule has 3 aromatic carbocycles. The SMILES string of the molecule is O=C(Nc1ccccc1C(=O)N1CCN(c2ccccc2)CC1)C1CCN(C(=O)c2cccc(F)c2)CC1. The maximum Gasteiger partial charge on any atom is 0.256 e. The number of piperazine rings is 1. The van der Waals surface area contributed by atoms with Gasteiger partial charge in [-0.2, -0.15) is 0 Å². The Bertz CT molecular complexity index is 1300. The van der Waals surface area contributed by atoms with Crippen molar-refractivity contribution in [2.75, 3.05) is 49.5 Å². The van der Waals surface area contributed by atoms with Crippen molar-refractivity contribution in [1.82, 2.24) is 9.80 Å². The summed E-state index contributed by atoms with van der Waals surface area (Å²) in [6.07, 6.45) is 1.01. The van der Waals surface area contributed by atoms with Gasteiger partial charge in [0.25, 0.3) is 11.8 Å². The summed E-state index contributed by atoms with van der Waals surface area (Å²) < 4.78 is 13.5. The molecule has 0 spiro atoms. The van der Waals surface area contributed by atoms with Crippen LogP contribution in [0.4, 0.5) is 15.8 Å². The predicted molar refractivity (Wildman–Crippen MR) is 145 cm³/mol. The number of likely N-dealkylation sites (tertiary alicyclic amines) is 1. The van der Waals surface area contributed by atoms with Crippen LogP contribution in [0, 0.1) is 11.7 Å². The third-order valence-electron chi connectivity index (χ3n) is 7.33. The smallest absolute Gasteiger partial charge is 0.256 e. The van der Waals surface area contributed by atoms with Crippen LogP contribution in [0.3, 0.4) is 0 Å². The fraction of sp³-hybridized carbons (Fsp3) is 0.300. The minimum atomic E-state index is -0.448. The second-order valence-electron chi connectivity index (χ2n) is 9.73. The molecule has 0 aromatic heterocycles. The molecule has 196 valence electrons. The van der Waals surface area contributed by atoms with Crippen LogP contribution in [0.25, 0.3) is 0 Å². The number of anilines is 2. The summed E-state index contributed by atoms with van der Waals surface area (Å²) in [6.45, 7) is 3.54. The van der Waals surface area contributed by atoms with E-state index < -0.39 is 5.82 Å². The molecule has 7 nitrogen and oxygen atoms in total. The average molecular weight is 515 g/mol. The van der Waals surface area contributed by atoms with Gasteiger partial charge in [0.15, 0.2) is 0 Å². The van der Waals surface area contributed by atoms with Crippen molar-refractivity contribution in [3.05, 3.63) is 95.8 Å². The second-order valence-corrected chi connectivity index (χ2v) is 9.73. The Morgan fingerprint density at radius 2 is 1.37 bits per heavy atom. The largest absolute Gasteiger partial charge is 0.368 e. The Labute approximate surface area is 221 Å². The van der Waals surface area contributed by atoms with E-state index in [-0.39, 0.29) is 23.6 Å². The Hall–Kier alpha value is -4.20. The van der Waals surface area contributed by atoms with Gasteiger partial charge in [-0.15, -0.1) is 0 Å². The van der Waals surface area contributed by atoms with Gasteiger partial charge in [-0.05, 0) is 55.3 Å². The van der Waals surface area contributed by atoms with Gasteiger partial charge in [-0.3, -0.25) is 14.4 Å². The quantitative estimate of drug-likeness (QED) is 0.552. The number of nitrogens with one attached hydrogen (secondary N) is 1. The maximum atomic E-state index is 13.5. The highest BCUT2D eigenvalue weighted by molar-refractivity contribution is 6.04. The lowest BCUT2D eigenvalue weighted by atomic mass is 9.95. The lowest BCUT2D eigenvalue weighted by Crippen LogP contribution is -2.49. The molecule has 0 saturated carbocycles. The summed E-state index contributed by atoms with van der Waals surface area (Å²) in [5.74, 6) is -1.20. The molecule has 0 atom stereocenters. The zero-order chi connectivity index (χ0) is 26.5. The number of carbonyl (C=O) groups is 3. The first kappa shape index (κ1) is 25.4. The van der Waals surface area contributed by atoms with Crippen molar-refractivity contribution in [2.24, 2.45) is 5.92 Å². The van der Waals surface area contributed by atoms with Crippen LogP contribution >= 0.6 is 0 Å². The first-order valence-electron chi connectivity index (χ1n) is 13.0. The predicted octanol–water partition coefficient (Wildman–Crippen LogP) is 4.28. The van der Waals surface area contributed by atoms with Crippen LogP contribution < -0.4 is 10.2 Å². The molecule has 2 aliphatic rings. The van der Waals surface area contributed by atoms with Crippen molar-refractivity contribution >= 4 is 29.1 Å². The number of rotatable bonds is 5. The molecule has 5 rings (SSSR count). The molecule has 1 N–H and O–H groups in total. The number of hydrogen-bond acceptors (Lipinski definition) is 4. The summed E-state index contributed by atoms with van der Waals surface area (Å²) in [7, 11) is 0. The third kappa shape index (κ3) is 5.69. The first-order chi connectivity index (χ1) is 18.5. The molecule has 0 bridgehead atoms. The van der Waals surface area contributed by atoms with E-state index in [1.54, 1.807) is 35.2 Å². The molecule has 0 radical (unpaired) electrons.